The van der Waals surface area contributed by atoms with E-state index in [0.717, 1.165) is 18.2 Å². The van der Waals surface area contributed by atoms with E-state index >= 15 is 0 Å². The average molecular weight is 302 g/mol. The van der Waals surface area contributed by atoms with Gasteiger partial charge in [0.2, 0.25) is 0 Å². The molecular weight excluding hydrogens is 280 g/mol. The summed E-state index contributed by atoms with van der Waals surface area (Å²) in [5.74, 6) is 0. The van der Waals surface area contributed by atoms with Crippen LogP contribution in [0.15, 0.2) is 24.5 Å². The van der Waals surface area contributed by atoms with E-state index in [1.807, 2.05) is 23.7 Å². The van der Waals surface area contributed by atoms with Crippen molar-refractivity contribution in [2.45, 2.75) is 38.8 Å². The number of thiazole rings is 1. The number of rotatable bonds is 5. The van der Waals surface area contributed by atoms with E-state index in [0.29, 0.717) is 6.04 Å². The molecule has 1 unspecified atom stereocenters. The van der Waals surface area contributed by atoms with Gasteiger partial charge in [-0.05, 0) is 43.5 Å². The Labute approximate surface area is 130 Å². The number of hydrogen-bond donors (Lipinski definition) is 1. The molecule has 0 spiro atoms. The Hall–Kier alpha value is -1.46. The third-order valence-electron chi connectivity index (χ3n) is 3.89. The van der Waals surface area contributed by atoms with Crippen LogP contribution in [0.25, 0.3) is 0 Å². The Balaban J connectivity index is 1.77. The predicted molar refractivity (Wildman–Crippen MR) is 87.8 cm³/mol. The zero-order chi connectivity index (χ0) is 14.7. The molecule has 1 aliphatic rings. The van der Waals surface area contributed by atoms with Crippen LogP contribution in [0.4, 0.5) is 5.13 Å². The molecule has 0 radical (unpaired) electrons. The quantitative estimate of drug-likeness (QED) is 0.921. The number of nitrogens with one attached hydrogen (secondary N) is 1. The Kier molecular flexibility index (Phi) is 4.51. The van der Waals surface area contributed by atoms with E-state index in [9.17, 15) is 0 Å². The Morgan fingerprint density at radius 2 is 2.19 bits per heavy atom. The first kappa shape index (κ1) is 14.5. The minimum atomic E-state index is 0.443. The summed E-state index contributed by atoms with van der Waals surface area (Å²) < 4.78 is 0. The highest BCUT2D eigenvalue weighted by atomic mass is 32.1. The van der Waals surface area contributed by atoms with Crippen LogP contribution in [-0.4, -0.2) is 23.6 Å². The van der Waals surface area contributed by atoms with E-state index in [1.54, 1.807) is 0 Å². The number of aromatic nitrogens is 2. The first-order valence-electron chi connectivity index (χ1n) is 7.61. The largest absolute Gasteiger partial charge is 0.347 e. The maximum absolute atomic E-state index is 4.91. The highest BCUT2D eigenvalue weighted by molar-refractivity contribution is 7.15. The molecule has 3 rings (SSSR count). The second-order valence-electron chi connectivity index (χ2n) is 5.52. The molecule has 0 amide bonds. The summed E-state index contributed by atoms with van der Waals surface area (Å²) in [5, 5.41) is 4.69. The van der Waals surface area contributed by atoms with Crippen LogP contribution < -0.4 is 10.2 Å². The van der Waals surface area contributed by atoms with Crippen LogP contribution >= 0.6 is 11.3 Å². The standard InChI is InChI=1S/C16H22N4S/c1-3-18-13-5-4-6-14-15(13)19-16(21-14)20(2)11-12-7-9-17-10-8-12/h7-10,13,18H,3-6,11H2,1-2H3. The number of anilines is 1. The molecule has 2 heterocycles. The van der Waals surface area contributed by atoms with Crippen LogP contribution in [0.1, 0.15) is 41.9 Å². The third-order valence-corrected chi connectivity index (χ3v) is 5.13. The lowest BCUT2D eigenvalue weighted by Crippen LogP contribution is -2.24. The number of fused-ring (bicyclic) bond motifs is 1. The molecule has 0 aromatic carbocycles. The molecule has 5 heteroatoms. The fraction of sp³-hybridized carbons (Fsp3) is 0.500. The maximum Gasteiger partial charge on any atom is 0.185 e. The summed E-state index contributed by atoms with van der Waals surface area (Å²) in [4.78, 5) is 12.7. The summed E-state index contributed by atoms with van der Waals surface area (Å²) >= 11 is 1.85. The van der Waals surface area contributed by atoms with Gasteiger partial charge in [-0.25, -0.2) is 4.98 Å². The summed E-state index contributed by atoms with van der Waals surface area (Å²) in [6.07, 6.45) is 7.34. The van der Waals surface area contributed by atoms with Crippen LogP contribution in [0.3, 0.4) is 0 Å². The highest BCUT2D eigenvalue weighted by Crippen LogP contribution is 2.36. The van der Waals surface area contributed by atoms with Crippen LogP contribution in [0.2, 0.25) is 0 Å². The molecule has 0 aliphatic heterocycles. The molecule has 0 saturated heterocycles. The predicted octanol–water partition coefficient (Wildman–Crippen LogP) is 3.16. The summed E-state index contributed by atoms with van der Waals surface area (Å²) in [7, 11) is 2.12. The molecule has 4 nitrogen and oxygen atoms in total. The normalized spacial score (nSPS) is 17.5. The SMILES string of the molecule is CCNC1CCCc2sc(N(C)Cc3ccncc3)nc21. The molecule has 2 aromatic heterocycles. The van der Waals surface area contributed by atoms with Gasteiger partial charge < -0.3 is 10.2 Å². The van der Waals surface area contributed by atoms with Gasteiger partial charge in [-0.3, -0.25) is 4.98 Å². The van der Waals surface area contributed by atoms with Crippen molar-refractivity contribution in [2.24, 2.45) is 0 Å². The van der Waals surface area contributed by atoms with E-state index in [1.165, 1.54) is 35.4 Å². The topological polar surface area (TPSA) is 41.0 Å². The number of hydrogen-bond acceptors (Lipinski definition) is 5. The van der Waals surface area contributed by atoms with Crippen molar-refractivity contribution in [3.63, 3.8) is 0 Å². The highest BCUT2D eigenvalue weighted by Gasteiger charge is 2.24. The lowest BCUT2D eigenvalue weighted by molar-refractivity contribution is 0.465. The fourth-order valence-corrected chi connectivity index (χ4v) is 3.97. The van der Waals surface area contributed by atoms with Crippen molar-refractivity contribution in [2.75, 3.05) is 18.5 Å². The molecule has 0 bridgehead atoms. The van der Waals surface area contributed by atoms with Gasteiger partial charge in [0.05, 0.1) is 11.7 Å². The van der Waals surface area contributed by atoms with Crippen molar-refractivity contribution in [1.82, 2.24) is 15.3 Å². The molecule has 0 saturated carbocycles. The van der Waals surface area contributed by atoms with E-state index < -0.39 is 0 Å². The van der Waals surface area contributed by atoms with Crippen LogP contribution in [0, 0.1) is 0 Å². The molecule has 2 aromatic rings. The summed E-state index contributed by atoms with van der Waals surface area (Å²) in [6.45, 7) is 4.04. The molecule has 1 atom stereocenters. The van der Waals surface area contributed by atoms with Crippen molar-refractivity contribution in [3.8, 4) is 0 Å². The van der Waals surface area contributed by atoms with Gasteiger partial charge in [-0.1, -0.05) is 6.92 Å². The fourth-order valence-electron chi connectivity index (χ4n) is 2.84. The van der Waals surface area contributed by atoms with Gasteiger partial charge >= 0.3 is 0 Å². The Bertz CT molecular complexity index is 581. The van der Waals surface area contributed by atoms with Gasteiger partial charge in [-0.2, -0.15) is 0 Å². The molecule has 1 N–H and O–H groups in total. The zero-order valence-electron chi connectivity index (χ0n) is 12.7. The monoisotopic (exact) mass is 302 g/mol. The molecule has 0 fully saturated rings. The first-order chi connectivity index (χ1) is 10.3. The minimum absolute atomic E-state index is 0.443. The van der Waals surface area contributed by atoms with Gasteiger partial charge in [-0.15, -0.1) is 11.3 Å². The molecular formula is C16H22N4S. The van der Waals surface area contributed by atoms with Crippen molar-refractivity contribution in [3.05, 3.63) is 40.7 Å². The second-order valence-corrected chi connectivity index (χ2v) is 6.58. The number of pyridine rings is 1. The molecule has 21 heavy (non-hydrogen) atoms. The third kappa shape index (κ3) is 3.24. The number of nitrogens with zero attached hydrogens (tertiary/aromatic N) is 3. The summed E-state index contributed by atoms with van der Waals surface area (Å²) in [5.41, 5.74) is 2.55. The van der Waals surface area contributed by atoms with Crippen molar-refractivity contribution in [1.29, 1.82) is 0 Å². The Morgan fingerprint density at radius 1 is 1.38 bits per heavy atom. The first-order valence-corrected chi connectivity index (χ1v) is 8.42. The van der Waals surface area contributed by atoms with E-state index in [4.69, 9.17) is 4.98 Å². The number of aryl methyl sites for hydroxylation is 1. The van der Waals surface area contributed by atoms with Crippen molar-refractivity contribution >= 4 is 16.5 Å². The second kappa shape index (κ2) is 6.54. The van der Waals surface area contributed by atoms with E-state index in [2.05, 4.69) is 41.3 Å². The van der Waals surface area contributed by atoms with Gasteiger partial charge in [0.15, 0.2) is 5.13 Å². The smallest absolute Gasteiger partial charge is 0.185 e. The van der Waals surface area contributed by atoms with Gasteiger partial charge in [0, 0.05) is 30.9 Å². The maximum atomic E-state index is 4.91. The molecule has 1 aliphatic carbocycles. The minimum Gasteiger partial charge on any atom is -0.347 e. The lowest BCUT2D eigenvalue weighted by Gasteiger charge is -2.21. The lowest BCUT2D eigenvalue weighted by atomic mass is 9.98. The van der Waals surface area contributed by atoms with E-state index in [-0.39, 0.29) is 0 Å². The van der Waals surface area contributed by atoms with Gasteiger partial charge in [0.25, 0.3) is 0 Å². The van der Waals surface area contributed by atoms with Crippen LogP contribution in [0.5, 0.6) is 0 Å². The molecule has 112 valence electrons. The summed E-state index contributed by atoms with van der Waals surface area (Å²) in [6, 6.07) is 4.56. The van der Waals surface area contributed by atoms with Crippen LogP contribution in [-0.2, 0) is 13.0 Å². The van der Waals surface area contributed by atoms with Gasteiger partial charge in [0.1, 0.15) is 0 Å². The zero-order valence-corrected chi connectivity index (χ0v) is 13.5. The average Bonchev–Trinajstić information content (AvgIpc) is 2.94. The van der Waals surface area contributed by atoms with Crippen molar-refractivity contribution < 1.29 is 0 Å². The Morgan fingerprint density at radius 3 is 2.95 bits per heavy atom.